The summed E-state index contributed by atoms with van der Waals surface area (Å²) in [6.07, 6.45) is 0.857. The zero-order chi connectivity index (χ0) is 15.4. The van der Waals surface area contributed by atoms with Gasteiger partial charge in [0.25, 0.3) is 0 Å². The molecule has 1 amide bonds. The number of carbonyl (C=O) groups is 1. The fraction of sp³-hybridized carbons (Fsp3) is 0.222. The second-order valence-corrected chi connectivity index (χ2v) is 5.44. The highest BCUT2D eigenvalue weighted by Gasteiger charge is 2.33. The van der Waals surface area contributed by atoms with Gasteiger partial charge in [0.05, 0.1) is 11.8 Å². The number of amides is 1. The lowest BCUT2D eigenvalue weighted by Gasteiger charge is -2.32. The van der Waals surface area contributed by atoms with Crippen molar-refractivity contribution in [2.45, 2.75) is 24.8 Å². The van der Waals surface area contributed by atoms with Gasteiger partial charge in [-0.25, -0.2) is 0 Å². The van der Waals surface area contributed by atoms with Crippen molar-refractivity contribution in [2.75, 3.05) is 0 Å². The minimum atomic E-state index is -0.323. The number of nitrogens with zero attached hydrogens (tertiary/aromatic N) is 1. The summed E-state index contributed by atoms with van der Waals surface area (Å²) >= 11 is 0. The fourth-order valence-corrected chi connectivity index (χ4v) is 3.01. The van der Waals surface area contributed by atoms with Crippen LogP contribution in [0, 0.1) is 0 Å². The predicted octanol–water partition coefficient (Wildman–Crippen LogP) is 2.93. The lowest BCUT2D eigenvalue weighted by Crippen LogP contribution is -2.49. The molecule has 2 N–H and O–H groups in total. The van der Waals surface area contributed by atoms with E-state index in [4.69, 9.17) is 0 Å². The third-order valence-electron chi connectivity index (χ3n) is 4.06. The maximum atomic E-state index is 11.9. The molecular weight excluding hydrogens is 276 g/mol. The van der Waals surface area contributed by atoms with E-state index in [1.165, 1.54) is 0 Å². The van der Waals surface area contributed by atoms with Crippen LogP contribution in [0.4, 0.5) is 0 Å². The molecule has 1 unspecified atom stereocenters. The third kappa shape index (κ3) is 2.86. The molecule has 1 heterocycles. The van der Waals surface area contributed by atoms with E-state index in [0.29, 0.717) is 18.6 Å². The molecule has 22 heavy (non-hydrogen) atoms. The van der Waals surface area contributed by atoms with Crippen molar-refractivity contribution in [1.29, 1.82) is 0 Å². The van der Waals surface area contributed by atoms with Crippen LogP contribution in [0.5, 0.6) is 0 Å². The molecule has 1 aliphatic rings. The first-order valence-corrected chi connectivity index (χ1v) is 7.39. The Morgan fingerprint density at radius 2 is 1.50 bits per heavy atom. The van der Waals surface area contributed by atoms with Crippen LogP contribution in [0.25, 0.3) is 0 Å². The topological polar surface area (TPSA) is 61.7 Å². The van der Waals surface area contributed by atoms with Gasteiger partial charge in [-0.15, -0.1) is 0 Å². The average Bonchev–Trinajstić information content (AvgIpc) is 2.57. The molecule has 3 rings (SSSR count). The summed E-state index contributed by atoms with van der Waals surface area (Å²) in [5, 5.41) is 15.7. The van der Waals surface area contributed by atoms with Gasteiger partial charge in [0.15, 0.2) is 0 Å². The summed E-state index contributed by atoms with van der Waals surface area (Å²) in [6, 6.07) is 19.7. The Balaban J connectivity index is 2.07. The van der Waals surface area contributed by atoms with Gasteiger partial charge in [-0.1, -0.05) is 65.8 Å². The molecule has 0 bridgehead atoms. The number of nitrogens with one attached hydrogen (secondary N) is 1. The molecule has 1 saturated heterocycles. The Kier molecular flexibility index (Phi) is 4.19. The minimum Gasteiger partial charge on any atom is -0.411 e. The van der Waals surface area contributed by atoms with E-state index in [0.717, 1.165) is 11.1 Å². The molecule has 2 aromatic carbocycles. The summed E-state index contributed by atoms with van der Waals surface area (Å²) in [4.78, 5) is 11.9. The van der Waals surface area contributed by atoms with Crippen LogP contribution in [-0.2, 0) is 4.79 Å². The molecule has 0 aromatic heterocycles. The Morgan fingerprint density at radius 3 is 2.00 bits per heavy atom. The molecule has 4 nitrogen and oxygen atoms in total. The van der Waals surface area contributed by atoms with Crippen molar-refractivity contribution in [3.8, 4) is 0 Å². The molecular formula is C18H18N2O2. The van der Waals surface area contributed by atoms with Gasteiger partial charge in [-0.05, 0) is 17.5 Å². The van der Waals surface area contributed by atoms with E-state index in [9.17, 15) is 10.0 Å². The van der Waals surface area contributed by atoms with Gasteiger partial charge in [0.1, 0.15) is 0 Å². The van der Waals surface area contributed by atoms with E-state index in [1.54, 1.807) is 0 Å². The zero-order valence-electron chi connectivity index (χ0n) is 12.1. The molecule has 4 heteroatoms. The highest BCUT2D eigenvalue weighted by atomic mass is 16.4. The molecule has 1 atom stereocenters. The minimum absolute atomic E-state index is 0.00531. The molecule has 1 fully saturated rings. The van der Waals surface area contributed by atoms with Crippen LogP contribution >= 0.6 is 0 Å². The Hall–Kier alpha value is -2.62. The number of carbonyl (C=O) groups excluding carboxylic acids is 1. The summed E-state index contributed by atoms with van der Waals surface area (Å²) in [5.41, 5.74) is 2.79. The van der Waals surface area contributed by atoms with E-state index < -0.39 is 0 Å². The zero-order valence-corrected chi connectivity index (χ0v) is 12.1. The fourth-order valence-electron chi connectivity index (χ4n) is 3.01. The molecule has 0 radical (unpaired) electrons. The highest BCUT2D eigenvalue weighted by Crippen LogP contribution is 2.31. The van der Waals surface area contributed by atoms with Crippen molar-refractivity contribution in [3.05, 3.63) is 71.8 Å². The third-order valence-corrected chi connectivity index (χ3v) is 4.06. The van der Waals surface area contributed by atoms with Crippen molar-refractivity contribution in [1.82, 2.24) is 5.32 Å². The van der Waals surface area contributed by atoms with Crippen molar-refractivity contribution in [2.24, 2.45) is 5.16 Å². The number of piperidine rings is 1. The average molecular weight is 294 g/mol. The van der Waals surface area contributed by atoms with E-state index in [1.807, 2.05) is 60.7 Å². The maximum absolute atomic E-state index is 11.9. The largest absolute Gasteiger partial charge is 0.411 e. The molecule has 0 saturated carbocycles. The number of hydrogen-bond acceptors (Lipinski definition) is 3. The van der Waals surface area contributed by atoms with Crippen molar-refractivity contribution < 1.29 is 10.0 Å². The molecule has 2 aromatic rings. The molecule has 0 spiro atoms. The number of rotatable bonds is 3. The second-order valence-electron chi connectivity index (χ2n) is 5.44. The monoisotopic (exact) mass is 294 g/mol. The van der Waals surface area contributed by atoms with Crippen LogP contribution in [0.3, 0.4) is 0 Å². The SMILES string of the molecule is O=C1CCC(=NO)C(C(c2ccccc2)c2ccccc2)N1. The summed E-state index contributed by atoms with van der Waals surface area (Å²) < 4.78 is 0. The van der Waals surface area contributed by atoms with Crippen molar-refractivity contribution in [3.63, 3.8) is 0 Å². The van der Waals surface area contributed by atoms with E-state index in [2.05, 4.69) is 10.5 Å². The van der Waals surface area contributed by atoms with Crippen LogP contribution in [0.2, 0.25) is 0 Å². The number of hydrogen-bond donors (Lipinski definition) is 2. The normalized spacial score (nSPS) is 20.1. The molecule has 112 valence electrons. The predicted molar refractivity (Wildman–Crippen MR) is 85.1 cm³/mol. The first kappa shape index (κ1) is 14.3. The van der Waals surface area contributed by atoms with Gasteiger partial charge < -0.3 is 10.5 Å². The molecule has 1 aliphatic heterocycles. The first-order chi connectivity index (χ1) is 10.8. The van der Waals surface area contributed by atoms with Gasteiger partial charge in [-0.2, -0.15) is 0 Å². The summed E-state index contributed by atoms with van der Waals surface area (Å²) in [7, 11) is 0. The Labute approximate surface area is 129 Å². The van der Waals surface area contributed by atoms with Gasteiger partial charge in [-0.3, -0.25) is 4.79 Å². The number of benzene rings is 2. The highest BCUT2D eigenvalue weighted by molar-refractivity contribution is 5.99. The van der Waals surface area contributed by atoms with Crippen molar-refractivity contribution >= 4 is 11.6 Å². The Morgan fingerprint density at radius 1 is 0.955 bits per heavy atom. The first-order valence-electron chi connectivity index (χ1n) is 7.39. The lowest BCUT2D eigenvalue weighted by atomic mass is 9.80. The van der Waals surface area contributed by atoms with Crippen LogP contribution in [0.1, 0.15) is 29.9 Å². The second kappa shape index (κ2) is 6.43. The van der Waals surface area contributed by atoms with Crippen LogP contribution < -0.4 is 5.32 Å². The van der Waals surface area contributed by atoms with Gasteiger partial charge in [0.2, 0.25) is 5.91 Å². The number of oxime groups is 1. The van der Waals surface area contributed by atoms with E-state index >= 15 is 0 Å². The lowest BCUT2D eigenvalue weighted by molar-refractivity contribution is -0.121. The molecule has 0 aliphatic carbocycles. The Bertz CT molecular complexity index is 629. The van der Waals surface area contributed by atoms with E-state index in [-0.39, 0.29) is 17.9 Å². The summed E-state index contributed by atoms with van der Waals surface area (Å²) in [5.74, 6) is -0.0770. The summed E-state index contributed by atoms with van der Waals surface area (Å²) in [6.45, 7) is 0. The standard InChI is InChI=1S/C18H18N2O2/c21-16-12-11-15(20-22)18(19-16)17(13-7-3-1-4-8-13)14-9-5-2-6-10-14/h1-10,17-18,22H,11-12H2,(H,19,21). The van der Waals surface area contributed by atoms with Gasteiger partial charge in [0, 0.05) is 12.3 Å². The maximum Gasteiger partial charge on any atom is 0.220 e. The smallest absolute Gasteiger partial charge is 0.220 e. The van der Waals surface area contributed by atoms with Crippen LogP contribution in [-0.4, -0.2) is 22.9 Å². The van der Waals surface area contributed by atoms with Crippen LogP contribution in [0.15, 0.2) is 65.8 Å². The quantitative estimate of drug-likeness (QED) is 0.675. The van der Waals surface area contributed by atoms with Gasteiger partial charge >= 0.3 is 0 Å².